The van der Waals surface area contributed by atoms with Crippen LogP contribution in [0.1, 0.15) is 24.8 Å². The zero-order valence-electron chi connectivity index (χ0n) is 11.3. The molecule has 0 aromatic heterocycles. The van der Waals surface area contributed by atoms with Gasteiger partial charge in [-0.2, -0.15) is 0 Å². The molecule has 3 heteroatoms. The van der Waals surface area contributed by atoms with Crippen LogP contribution in [0.15, 0.2) is 24.3 Å². The van der Waals surface area contributed by atoms with Crippen molar-refractivity contribution in [1.29, 1.82) is 0 Å². The largest absolute Gasteiger partial charge is 0.496 e. The SMILES string of the molecule is COc1ccccc1CNCCN1CCCCC1. The highest BCUT2D eigenvalue weighted by atomic mass is 16.5. The Hall–Kier alpha value is -1.06. The molecule has 100 valence electrons. The van der Waals surface area contributed by atoms with Crippen LogP contribution in [0.4, 0.5) is 0 Å². The molecule has 1 aromatic rings. The van der Waals surface area contributed by atoms with Crippen molar-refractivity contribution in [2.45, 2.75) is 25.8 Å². The molecule has 0 saturated carbocycles. The Bertz CT molecular complexity index is 348. The molecule has 1 fully saturated rings. The minimum Gasteiger partial charge on any atom is -0.496 e. The van der Waals surface area contributed by atoms with Gasteiger partial charge in [0.1, 0.15) is 5.75 Å². The molecule has 1 aliphatic heterocycles. The number of ether oxygens (including phenoxy) is 1. The van der Waals surface area contributed by atoms with Crippen LogP contribution >= 0.6 is 0 Å². The third-order valence-corrected chi connectivity index (χ3v) is 3.56. The number of hydrogen-bond acceptors (Lipinski definition) is 3. The zero-order chi connectivity index (χ0) is 12.6. The highest BCUT2D eigenvalue weighted by Crippen LogP contribution is 2.16. The predicted molar refractivity (Wildman–Crippen MR) is 75.0 cm³/mol. The standard InChI is InChI=1S/C15H24N2O/c1-18-15-8-4-3-7-14(15)13-16-9-12-17-10-5-2-6-11-17/h3-4,7-8,16H,2,5-6,9-13H2,1H3. The average Bonchev–Trinajstić information content (AvgIpc) is 2.45. The highest BCUT2D eigenvalue weighted by Gasteiger charge is 2.09. The third kappa shape index (κ3) is 4.00. The second-order valence-corrected chi connectivity index (χ2v) is 4.89. The molecule has 1 heterocycles. The van der Waals surface area contributed by atoms with Gasteiger partial charge < -0.3 is 15.0 Å². The Morgan fingerprint density at radius 2 is 1.94 bits per heavy atom. The summed E-state index contributed by atoms with van der Waals surface area (Å²) in [5.41, 5.74) is 1.23. The number of likely N-dealkylation sites (tertiary alicyclic amines) is 1. The average molecular weight is 248 g/mol. The smallest absolute Gasteiger partial charge is 0.123 e. The molecule has 2 rings (SSSR count). The van der Waals surface area contributed by atoms with Crippen LogP contribution in [0.3, 0.4) is 0 Å². The molecular weight excluding hydrogens is 224 g/mol. The fraction of sp³-hybridized carbons (Fsp3) is 0.600. The van der Waals surface area contributed by atoms with E-state index in [1.165, 1.54) is 37.9 Å². The molecule has 0 aliphatic carbocycles. The second kappa shape index (κ2) is 7.39. The van der Waals surface area contributed by atoms with Crippen molar-refractivity contribution in [2.24, 2.45) is 0 Å². The fourth-order valence-electron chi connectivity index (χ4n) is 2.49. The number of para-hydroxylation sites is 1. The van der Waals surface area contributed by atoms with Gasteiger partial charge >= 0.3 is 0 Å². The fourth-order valence-corrected chi connectivity index (χ4v) is 2.49. The normalized spacial score (nSPS) is 16.7. The van der Waals surface area contributed by atoms with E-state index in [0.717, 1.165) is 25.4 Å². The van der Waals surface area contributed by atoms with Gasteiger partial charge in [0.2, 0.25) is 0 Å². The third-order valence-electron chi connectivity index (χ3n) is 3.56. The Kier molecular flexibility index (Phi) is 5.49. The molecule has 0 amide bonds. The number of methoxy groups -OCH3 is 1. The number of piperidine rings is 1. The first-order valence-corrected chi connectivity index (χ1v) is 6.95. The van der Waals surface area contributed by atoms with Gasteiger partial charge in [-0.3, -0.25) is 0 Å². The number of hydrogen-bond donors (Lipinski definition) is 1. The van der Waals surface area contributed by atoms with Crippen LogP contribution in [0, 0.1) is 0 Å². The lowest BCUT2D eigenvalue weighted by Gasteiger charge is -2.26. The first kappa shape index (κ1) is 13.4. The summed E-state index contributed by atoms with van der Waals surface area (Å²) in [5.74, 6) is 0.975. The summed E-state index contributed by atoms with van der Waals surface area (Å²) < 4.78 is 5.34. The minimum absolute atomic E-state index is 0.887. The van der Waals surface area contributed by atoms with Crippen molar-refractivity contribution in [3.63, 3.8) is 0 Å². The maximum atomic E-state index is 5.34. The molecule has 1 saturated heterocycles. The Morgan fingerprint density at radius 1 is 1.17 bits per heavy atom. The van der Waals surface area contributed by atoms with E-state index in [-0.39, 0.29) is 0 Å². The summed E-state index contributed by atoms with van der Waals surface area (Å²) in [6, 6.07) is 8.20. The lowest BCUT2D eigenvalue weighted by molar-refractivity contribution is 0.229. The molecule has 3 nitrogen and oxygen atoms in total. The molecule has 0 radical (unpaired) electrons. The molecule has 1 aliphatic rings. The predicted octanol–water partition coefficient (Wildman–Crippen LogP) is 2.27. The van der Waals surface area contributed by atoms with E-state index in [9.17, 15) is 0 Å². The van der Waals surface area contributed by atoms with Crippen molar-refractivity contribution >= 4 is 0 Å². The molecule has 1 N–H and O–H groups in total. The molecule has 18 heavy (non-hydrogen) atoms. The second-order valence-electron chi connectivity index (χ2n) is 4.89. The van der Waals surface area contributed by atoms with Gasteiger partial charge in [-0.25, -0.2) is 0 Å². The maximum absolute atomic E-state index is 5.34. The van der Waals surface area contributed by atoms with Gasteiger partial charge in [-0.15, -0.1) is 0 Å². The highest BCUT2D eigenvalue weighted by molar-refractivity contribution is 5.32. The van der Waals surface area contributed by atoms with Gasteiger partial charge in [0.05, 0.1) is 7.11 Å². The number of nitrogens with zero attached hydrogens (tertiary/aromatic N) is 1. The Balaban J connectivity index is 1.68. The summed E-state index contributed by atoms with van der Waals surface area (Å²) in [6.07, 6.45) is 4.14. The van der Waals surface area contributed by atoms with Crippen LogP contribution in [-0.2, 0) is 6.54 Å². The summed E-state index contributed by atoms with van der Waals surface area (Å²) >= 11 is 0. The molecular formula is C15H24N2O. The van der Waals surface area contributed by atoms with Crippen molar-refractivity contribution in [2.75, 3.05) is 33.3 Å². The first-order chi connectivity index (χ1) is 8.90. The number of rotatable bonds is 6. The summed E-state index contributed by atoms with van der Waals surface area (Å²) in [4.78, 5) is 2.55. The van der Waals surface area contributed by atoms with Crippen molar-refractivity contribution in [1.82, 2.24) is 10.2 Å². The van der Waals surface area contributed by atoms with E-state index in [1.54, 1.807) is 7.11 Å². The van der Waals surface area contributed by atoms with E-state index in [4.69, 9.17) is 4.74 Å². The van der Waals surface area contributed by atoms with E-state index in [2.05, 4.69) is 22.3 Å². The van der Waals surface area contributed by atoms with Gasteiger partial charge in [0.25, 0.3) is 0 Å². The van der Waals surface area contributed by atoms with Crippen molar-refractivity contribution < 1.29 is 4.74 Å². The molecule has 0 unspecified atom stereocenters. The van der Waals surface area contributed by atoms with Crippen LogP contribution < -0.4 is 10.1 Å². The summed E-state index contributed by atoms with van der Waals surface area (Å²) in [5, 5.41) is 3.50. The molecule has 0 spiro atoms. The number of benzene rings is 1. The zero-order valence-corrected chi connectivity index (χ0v) is 11.3. The lowest BCUT2D eigenvalue weighted by atomic mass is 10.1. The van der Waals surface area contributed by atoms with E-state index in [1.807, 2.05) is 12.1 Å². The van der Waals surface area contributed by atoms with Gasteiger partial charge in [0.15, 0.2) is 0 Å². The minimum atomic E-state index is 0.887. The van der Waals surface area contributed by atoms with Crippen LogP contribution in [0.5, 0.6) is 5.75 Å². The van der Waals surface area contributed by atoms with Crippen LogP contribution in [0.25, 0.3) is 0 Å². The summed E-state index contributed by atoms with van der Waals surface area (Å²) in [7, 11) is 1.73. The quantitative estimate of drug-likeness (QED) is 0.782. The molecule has 0 bridgehead atoms. The van der Waals surface area contributed by atoms with Crippen LogP contribution in [0.2, 0.25) is 0 Å². The van der Waals surface area contributed by atoms with Crippen molar-refractivity contribution in [3.05, 3.63) is 29.8 Å². The van der Waals surface area contributed by atoms with E-state index >= 15 is 0 Å². The van der Waals surface area contributed by atoms with Gasteiger partial charge in [0, 0.05) is 25.2 Å². The topological polar surface area (TPSA) is 24.5 Å². The summed E-state index contributed by atoms with van der Waals surface area (Å²) in [6.45, 7) is 5.65. The van der Waals surface area contributed by atoms with Crippen molar-refractivity contribution in [3.8, 4) is 5.75 Å². The van der Waals surface area contributed by atoms with Gasteiger partial charge in [-0.05, 0) is 32.0 Å². The maximum Gasteiger partial charge on any atom is 0.123 e. The Morgan fingerprint density at radius 3 is 2.72 bits per heavy atom. The lowest BCUT2D eigenvalue weighted by Crippen LogP contribution is -2.35. The van der Waals surface area contributed by atoms with E-state index < -0.39 is 0 Å². The van der Waals surface area contributed by atoms with Crippen LogP contribution in [-0.4, -0.2) is 38.2 Å². The first-order valence-electron chi connectivity index (χ1n) is 6.95. The Labute approximate surface area is 110 Å². The molecule has 1 aromatic carbocycles. The van der Waals surface area contributed by atoms with E-state index in [0.29, 0.717) is 0 Å². The molecule has 0 atom stereocenters. The van der Waals surface area contributed by atoms with Gasteiger partial charge in [-0.1, -0.05) is 24.6 Å². The number of nitrogens with one attached hydrogen (secondary N) is 1. The monoisotopic (exact) mass is 248 g/mol.